The lowest BCUT2D eigenvalue weighted by atomic mass is 10.3. The van der Waals surface area contributed by atoms with E-state index in [4.69, 9.17) is 5.11 Å². The number of aliphatic hydroxyl groups is 1. The Balaban J connectivity index is 3.41. The lowest BCUT2D eigenvalue weighted by molar-refractivity contribution is 0.299. The molecular formula is C12H18F3N3O3. The fourth-order valence-electron chi connectivity index (χ4n) is 1.96. The molecule has 0 saturated heterocycles. The summed E-state index contributed by atoms with van der Waals surface area (Å²) in [6, 6.07) is 0. The molecule has 0 fully saturated rings. The second kappa shape index (κ2) is 8.50. The van der Waals surface area contributed by atoms with E-state index >= 15 is 0 Å². The van der Waals surface area contributed by atoms with Crippen molar-refractivity contribution in [3.8, 4) is 0 Å². The average Bonchev–Trinajstić information content (AvgIpc) is 2.46. The van der Waals surface area contributed by atoms with E-state index in [2.05, 4.69) is 0 Å². The Hall–Kier alpha value is -1.77. The zero-order chi connectivity index (χ0) is 15.8. The Labute approximate surface area is 119 Å². The van der Waals surface area contributed by atoms with Gasteiger partial charge in [-0.25, -0.2) is 18.0 Å². The summed E-state index contributed by atoms with van der Waals surface area (Å²) in [5.41, 5.74) is -1.67. The van der Waals surface area contributed by atoms with Crippen molar-refractivity contribution in [2.24, 2.45) is 0 Å². The molecular weight excluding hydrogens is 291 g/mol. The molecule has 0 bridgehead atoms. The van der Waals surface area contributed by atoms with Gasteiger partial charge in [0.05, 0.1) is 19.7 Å². The standard InChI is InChI=1S/C12H18F3N3O3/c13-1-4-16(7-8-19)10-9-17(5-2-14)12(21)18(6-3-15)11(10)20/h9,19H,1-8H2. The molecule has 9 heteroatoms. The molecule has 1 aromatic heterocycles. The molecule has 1 aromatic rings. The first-order valence-corrected chi connectivity index (χ1v) is 6.48. The van der Waals surface area contributed by atoms with E-state index in [0.29, 0.717) is 4.57 Å². The first-order valence-electron chi connectivity index (χ1n) is 6.48. The van der Waals surface area contributed by atoms with Gasteiger partial charge in [0.2, 0.25) is 0 Å². The summed E-state index contributed by atoms with van der Waals surface area (Å²) in [6.07, 6.45) is 1.12. The van der Waals surface area contributed by atoms with Crippen LogP contribution in [-0.2, 0) is 13.1 Å². The molecule has 6 nitrogen and oxygen atoms in total. The van der Waals surface area contributed by atoms with Crippen LogP contribution < -0.4 is 16.1 Å². The number of aryl methyl sites for hydroxylation is 1. The minimum Gasteiger partial charge on any atom is -0.395 e. The first-order chi connectivity index (χ1) is 10.1. The summed E-state index contributed by atoms with van der Waals surface area (Å²) in [5.74, 6) is 0. The van der Waals surface area contributed by atoms with Gasteiger partial charge in [0.1, 0.15) is 25.7 Å². The van der Waals surface area contributed by atoms with Crippen LogP contribution in [0, 0.1) is 0 Å². The highest BCUT2D eigenvalue weighted by Crippen LogP contribution is 2.06. The molecule has 0 aliphatic carbocycles. The number of anilines is 1. The molecule has 0 unspecified atom stereocenters. The summed E-state index contributed by atoms with van der Waals surface area (Å²) in [5, 5.41) is 8.95. The maximum Gasteiger partial charge on any atom is 0.331 e. The number of alkyl halides is 3. The van der Waals surface area contributed by atoms with Crippen LogP contribution in [0.3, 0.4) is 0 Å². The quantitative estimate of drug-likeness (QED) is 0.681. The Bertz CT molecular complexity index is 553. The molecule has 1 heterocycles. The van der Waals surface area contributed by atoms with E-state index in [1.54, 1.807) is 0 Å². The number of nitrogens with zero attached hydrogens (tertiary/aromatic N) is 3. The van der Waals surface area contributed by atoms with Crippen LogP contribution in [0.15, 0.2) is 15.8 Å². The van der Waals surface area contributed by atoms with Gasteiger partial charge in [0, 0.05) is 19.3 Å². The summed E-state index contributed by atoms with van der Waals surface area (Å²) >= 11 is 0. The maximum atomic E-state index is 12.5. The third-order valence-electron chi connectivity index (χ3n) is 2.92. The lowest BCUT2D eigenvalue weighted by Crippen LogP contribution is -2.44. The highest BCUT2D eigenvalue weighted by Gasteiger charge is 2.16. The summed E-state index contributed by atoms with van der Waals surface area (Å²) in [7, 11) is 0. The third-order valence-corrected chi connectivity index (χ3v) is 2.92. The molecule has 1 N–H and O–H groups in total. The molecule has 0 aliphatic rings. The van der Waals surface area contributed by atoms with Gasteiger partial charge >= 0.3 is 5.69 Å². The first kappa shape index (κ1) is 17.3. The fourth-order valence-corrected chi connectivity index (χ4v) is 1.96. The second-order valence-electron chi connectivity index (χ2n) is 4.22. The summed E-state index contributed by atoms with van der Waals surface area (Å²) in [6.45, 7) is -3.81. The number of hydrogen-bond acceptors (Lipinski definition) is 4. The van der Waals surface area contributed by atoms with Crippen LogP contribution in [0.2, 0.25) is 0 Å². The molecule has 0 atom stereocenters. The number of hydrogen-bond donors (Lipinski definition) is 1. The van der Waals surface area contributed by atoms with Gasteiger partial charge in [-0.2, -0.15) is 0 Å². The Morgan fingerprint density at radius 1 is 1.05 bits per heavy atom. The van der Waals surface area contributed by atoms with Gasteiger partial charge in [-0.05, 0) is 0 Å². The predicted octanol–water partition coefficient (Wildman–Crippen LogP) is -0.283. The van der Waals surface area contributed by atoms with Crippen molar-refractivity contribution < 1.29 is 18.3 Å². The van der Waals surface area contributed by atoms with Crippen LogP contribution in [0.5, 0.6) is 0 Å². The van der Waals surface area contributed by atoms with E-state index < -0.39 is 37.8 Å². The fraction of sp³-hybridized carbons (Fsp3) is 0.667. The average molecular weight is 309 g/mol. The zero-order valence-electron chi connectivity index (χ0n) is 11.5. The van der Waals surface area contributed by atoms with E-state index in [0.717, 1.165) is 10.8 Å². The summed E-state index contributed by atoms with van der Waals surface area (Å²) in [4.78, 5) is 25.3. The van der Waals surface area contributed by atoms with Gasteiger partial charge in [0.15, 0.2) is 0 Å². The molecule has 0 radical (unpaired) electrons. The van der Waals surface area contributed by atoms with Crippen LogP contribution in [0.1, 0.15) is 0 Å². The number of rotatable bonds is 9. The SMILES string of the molecule is O=c1c(N(CCO)CCF)cn(CCF)c(=O)n1CCF. The van der Waals surface area contributed by atoms with Crippen molar-refractivity contribution in [1.29, 1.82) is 0 Å². The van der Waals surface area contributed by atoms with Crippen LogP contribution in [-0.4, -0.2) is 54.0 Å². The highest BCUT2D eigenvalue weighted by molar-refractivity contribution is 5.42. The zero-order valence-corrected chi connectivity index (χ0v) is 11.5. The van der Waals surface area contributed by atoms with Gasteiger partial charge in [-0.15, -0.1) is 0 Å². The van der Waals surface area contributed by atoms with Gasteiger partial charge in [-0.3, -0.25) is 13.9 Å². The third kappa shape index (κ3) is 4.10. The largest absolute Gasteiger partial charge is 0.395 e. The van der Waals surface area contributed by atoms with E-state index in [-0.39, 0.29) is 31.9 Å². The lowest BCUT2D eigenvalue weighted by Gasteiger charge is -2.23. The highest BCUT2D eigenvalue weighted by atomic mass is 19.1. The second-order valence-corrected chi connectivity index (χ2v) is 4.22. The number of aliphatic hydroxyl groups excluding tert-OH is 1. The topological polar surface area (TPSA) is 67.5 Å². The molecule has 0 amide bonds. The Morgan fingerprint density at radius 2 is 1.71 bits per heavy atom. The number of aromatic nitrogens is 2. The van der Waals surface area contributed by atoms with Crippen LogP contribution >= 0.6 is 0 Å². The molecule has 0 saturated carbocycles. The molecule has 0 aliphatic heterocycles. The maximum absolute atomic E-state index is 12.5. The van der Waals surface area contributed by atoms with Gasteiger partial charge in [-0.1, -0.05) is 0 Å². The van der Waals surface area contributed by atoms with Crippen LogP contribution in [0.25, 0.3) is 0 Å². The molecule has 21 heavy (non-hydrogen) atoms. The van der Waals surface area contributed by atoms with Crippen molar-refractivity contribution in [2.45, 2.75) is 13.1 Å². The van der Waals surface area contributed by atoms with E-state index in [1.807, 2.05) is 0 Å². The molecule has 1 rings (SSSR count). The Kier molecular flexibility index (Phi) is 7.00. The minimum atomic E-state index is -0.933. The predicted molar refractivity (Wildman–Crippen MR) is 72.2 cm³/mol. The van der Waals surface area contributed by atoms with Gasteiger partial charge in [0.25, 0.3) is 5.56 Å². The van der Waals surface area contributed by atoms with Crippen LogP contribution in [0.4, 0.5) is 18.9 Å². The van der Waals surface area contributed by atoms with Gasteiger partial charge < -0.3 is 10.0 Å². The monoisotopic (exact) mass is 309 g/mol. The van der Waals surface area contributed by atoms with Crippen molar-refractivity contribution in [3.05, 3.63) is 27.0 Å². The van der Waals surface area contributed by atoms with Crippen molar-refractivity contribution in [3.63, 3.8) is 0 Å². The molecule has 0 aromatic carbocycles. The minimum absolute atomic E-state index is 0.0252. The Morgan fingerprint density at radius 3 is 2.24 bits per heavy atom. The van der Waals surface area contributed by atoms with Crippen molar-refractivity contribution in [2.75, 3.05) is 44.6 Å². The molecule has 0 spiro atoms. The smallest absolute Gasteiger partial charge is 0.331 e. The number of halogens is 3. The van der Waals surface area contributed by atoms with E-state index in [9.17, 15) is 22.8 Å². The summed E-state index contributed by atoms with van der Waals surface area (Å²) < 4.78 is 39.1. The molecule has 120 valence electrons. The normalized spacial score (nSPS) is 10.9. The van der Waals surface area contributed by atoms with Crippen molar-refractivity contribution >= 4 is 5.69 Å². The van der Waals surface area contributed by atoms with E-state index in [1.165, 1.54) is 4.90 Å². The van der Waals surface area contributed by atoms with Crippen molar-refractivity contribution in [1.82, 2.24) is 9.13 Å².